The highest BCUT2D eigenvalue weighted by molar-refractivity contribution is 6.21. The maximum atomic E-state index is 5.33. The number of para-hydroxylation sites is 4. The molecule has 10 rings (SSSR count). The van der Waals surface area contributed by atoms with Gasteiger partial charge in [-0.25, -0.2) is 4.98 Å². The number of imidazole rings is 1. The van der Waals surface area contributed by atoms with Gasteiger partial charge in [-0.2, -0.15) is 0 Å². The van der Waals surface area contributed by atoms with E-state index in [1.54, 1.807) is 0 Å². The van der Waals surface area contributed by atoms with Crippen LogP contribution in [0.1, 0.15) is 0 Å². The number of anilines is 3. The molecule has 0 amide bonds. The van der Waals surface area contributed by atoms with Gasteiger partial charge in [0.15, 0.2) is 0 Å². The van der Waals surface area contributed by atoms with Gasteiger partial charge >= 0.3 is 0 Å². The Labute approximate surface area is 278 Å². The molecule has 1 aliphatic rings. The number of benzene rings is 8. The summed E-state index contributed by atoms with van der Waals surface area (Å²) in [6, 6.07) is 63.1. The molecule has 48 heavy (non-hydrogen) atoms. The minimum Gasteiger partial charge on any atom is -0.306 e. The Balaban J connectivity index is 1.23. The van der Waals surface area contributed by atoms with E-state index in [-0.39, 0.29) is 0 Å². The van der Waals surface area contributed by atoms with E-state index >= 15 is 0 Å². The molecule has 1 aromatic heterocycles. The van der Waals surface area contributed by atoms with E-state index in [1.807, 2.05) is 0 Å². The number of hydrogen-bond acceptors (Lipinski definition) is 2. The first kappa shape index (κ1) is 26.7. The third kappa shape index (κ3) is 3.91. The molecule has 0 bridgehead atoms. The topological polar surface area (TPSA) is 21.1 Å². The van der Waals surface area contributed by atoms with Crippen molar-refractivity contribution >= 4 is 49.6 Å². The molecule has 3 heteroatoms. The van der Waals surface area contributed by atoms with E-state index in [1.165, 1.54) is 43.8 Å². The molecule has 9 aromatic rings. The van der Waals surface area contributed by atoms with Crippen LogP contribution in [-0.4, -0.2) is 9.55 Å². The molecule has 0 radical (unpaired) electrons. The van der Waals surface area contributed by atoms with Crippen molar-refractivity contribution < 1.29 is 0 Å². The van der Waals surface area contributed by atoms with Crippen LogP contribution in [0.15, 0.2) is 176 Å². The summed E-state index contributed by atoms with van der Waals surface area (Å²) < 4.78 is 2.35. The first-order valence-corrected chi connectivity index (χ1v) is 16.4. The van der Waals surface area contributed by atoms with E-state index < -0.39 is 0 Å². The number of hydrogen-bond donors (Lipinski definition) is 0. The van der Waals surface area contributed by atoms with Gasteiger partial charge < -0.3 is 4.90 Å². The highest BCUT2D eigenvalue weighted by atomic mass is 15.2. The van der Waals surface area contributed by atoms with Gasteiger partial charge in [-0.3, -0.25) is 4.57 Å². The average molecular weight is 612 g/mol. The summed E-state index contributed by atoms with van der Waals surface area (Å²) in [6.45, 7) is 0. The summed E-state index contributed by atoms with van der Waals surface area (Å²) in [5, 5.41) is 4.99. The van der Waals surface area contributed by atoms with Crippen LogP contribution in [0, 0.1) is 0 Å². The maximum absolute atomic E-state index is 5.33. The quantitative estimate of drug-likeness (QED) is 0.185. The SMILES string of the molecule is c1ccc(-c2c3ccccc3c(-c3cccc(-c4nc5cccc6c5n4-c4ccccc4N6c4ccccc4)c3)c3ccccc23)cc1. The molecule has 0 unspecified atom stereocenters. The predicted octanol–water partition coefficient (Wildman–Crippen LogP) is 12.1. The van der Waals surface area contributed by atoms with Crippen LogP contribution in [0.25, 0.3) is 71.9 Å². The molecular weight excluding hydrogens is 583 g/mol. The first-order chi connectivity index (χ1) is 23.8. The van der Waals surface area contributed by atoms with Crippen molar-refractivity contribution in [3.05, 3.63) is 176 Å². The van der Waals surface area contributed by atoms with E-state index in [0.29, 0.717) is 0 Å². The zero-order valence-corrected chi connectivity index (χ0v) is 26.1. The van der Waals surface area contributed by atoms with Crippen molar-refractivity contribution in [2.75, 3.05) is 4.90 Å². The Morgan fingerprint density at radius 1 is 0.375 bits per heavy atom. The molecule has 0 aliphatic carbocycles. The van der Waals surface area contributed by atoms with Crippen LogP contribution in [0.5, 0.6) is 0 Å². The Kier molecular flexibility index (Phi) is 5.87. The van der Waals surface area contributed by atoms with E-state index in [0.717, 1.165) is 45.2 Å². The molecule has 0 saturated carbocycles. The third-order valence-corrected chi connectivity index (χ3v) is 9.68. The molecule has 2 heterocycles. The second-order valence-corrected chi connectivity index (χ2v) is 12.4. The normalized spacial score (nSPS) is 12.1. The minimum atomic E-state index is 0.939. The molecular formula is C45H29N3. The molecule has 0 N–H and O–H groups in total. The van der Waals surface area contributed by atoms with E-state index in [2.05, 4.69) is 185 Å². The highest BCUT2D eigenvalue weighted by Crippen LogP contribution is 2.49. The van der Waals surface area contributed by atoms with Gasteiger partial charge in [-0.15, -0.1) is 0 Å². The summed E-state index contributed by atoms with van der Waals surface area (Å²) in [4.78, 5) is 7.68. The third-order valence-electron chi connectivity index (χ3n) is 9.68. The van der Waals surface area contributed by atoms with Crippen LogP contribution in [-0.2, 0) is 0 Å². The standard InChI is InChI=1S/C45H29N3/c1-3-15-30(16-4-1)42-34-21-7-9-23-36(34)43(37-24-10-8-22-35(37)42)31-17-13-18-32(29-31)45-46-38-25-14-28-41-44(38)48(45)40-27-12-11-26-39(40)47(41)33-19-5-2-6-20-33/h1-29H. The van der Waals surface area contributed by atoms with Crippen molar-refractivity contribution in [2.45, 2.75) is 0 Å². The van der Waals surface area contributed by atoms with Crippen LogP contribution in [0.4, 0.5) is 17.1 Å². The van der Waals surface area contributed by atoms with Gasteiger partial charge in [0.1, 0.15) is 5.82 Å². The summed E-state index contributed by atoms with van der Waals surface area (Å²) in [5.74, 6) is 0.939. The number of nitrogens with zero attached hydrogens (tertiary/aromatic N) is 3. The fourth-order valence-electron chi connectivity index (χ4n) is 7.71. The summed E-state index contributed by atoms with van der Waals surface area (Å²) in [7, 11) is 0. The number of aromatic nitrogens is 2. The average Bonchev–Trinajstić information content (AvgIpc) is 3.56. The fraction of sp³-hybridized carbons (Fsp3) is 0. The Morgan fingerprint density at radius 3 is 1.56 bits per heavy atom. The molecule has 0 atom stereocenters. The van der Waals surface area contributed by atoms with Gasteiger partial charge in [0.05, 0.1) is 28.1 Å². The molecule has 0 saturated heterocycles. The summed E-state index contributed by atoms with van der Waals surface area (Å²) in [5.41, 5.74) is 12.6. The maximum Gasteiger partial charge on any atom is 0.145 e. The van der Waals surface area contributed by atoms with Crippen molar-refractivity contribution in [1.82, 2.24) is 9.55 Å². The summed E-state index contributed by atoms with van der Waals surface area (Å²) >= 11 is 0. The fourth-order valence-corrected chi connectivity index (χ4v) is 7.71. The lowest BCUT2D eigenvalue weighted by molar-refractivity contribution is 1.06. The first-order valence-electron chi connectivity index (χ1n) is 16.4. The van der Waals surface area contributed by atoms with E-state index in [9.17, 15) is 0 Å². The van der Waals surface area contributed by atoms with Gasteiger partial charge in [-0.05, 0) is 86.3 Å². The van der Waals surface area contributed by atoms with Gasteiger partial charge in [0.2, 0.25) is 0 Å². The van der Waals surface area contributed by atoms with Crippen LogP contribution in [0.2, 0.25) is 0 Å². The Hall–Kier alpha value is -6.45. The number of fused-ring (bicyclic) bond motifs is 4. The van der Waals surface area contributed by atoms with Gasteiger partial charge in [-0.1, -0.05) is 133 Å². The second kappa shape index (κ2) is 10.5. The van der Waals surface area contributed by atoms with Crippen LogP contribution < -0.4 is 4.90 Å². The molecule has 0 fully saturated rings. The molecule has 1 aliphatic heterocycles. The number of rotatable bonds is 4. The Morgan fingerprint density at radius 2 is 0.875 bits per heavy atom. The Bertz CT molecular complexity index is 2610. The molecule has 224 valence electrons. The van der Waals surface area contributed by atoms with Crippen molar-refractivity contribution in [3.8, 4) is 39.3 Å². The summed E-state index contributed by atoms with van der Waals surface area (Å²) in [6.07, 6.45) is 0. The smallest absolute Gasteiger partial charge is 0.145 e. The van der Waals surface area contributed by atoms with Gasteiger partial charge in [0.25, 0.3) is 0 Å². The van der Waals surface area contributed by atoms with Crippen molar-refractivity contribution in [3.63, 3.8) is 0 Å². The predicted molar refractivity (Wildman–Crippen MR) is 201 cm³/mol. The zero-order chi connectivity index (χ0) is 31.6. The largest absolute Gasteiger partial charge is 0.306 e. The highest BCUT2D eigenvalue weighted by Gasteiger charge is 2.29. The minimum absolute atomic E-state index is 0.939. The lowest BCUT2D eigenvalue weighted by atomic mass is 9.86. The monoisotopic (exact) mass is 611 g/mol. The second-order valence-electron chi connectivity index (χ2n) is 12.4. The lowest BCUT2D eigenvalue weighted by Crippen LogP contribution is -2.18. The van der Waals surface area contributed by atoms with Crippen LogP contribution in [0.3, 0.4) is 0 Å². The van der Waals surface area contributed by atoms with Crippen LogP contribution >= 0.6 is 0 Å². The lowest BCUT2D eigenvalue weighted by Gasteiger charge is -2.32. The zero-order valence-electron chi connectivity index (χ0n) is 26.1. The van der Waals surface area contributed by atoms with Crippen molar-refractivity contribution in [2.24, 2.45) is 0 Å². The van der Waals surface area contributed by atoms with Gasteiger partial charge in [0, 0.05) is 11.3 Å². The molecule has 8 aromatic carbocycles. The molecule has 0 spiro atoms. The van der Waals surface area contributed by atoms with Crippen molar-refractivity contribution in [1.29, 1.82) is 0 Å². The van der Waals surface area contributed by atoms with E-state index in [4.69, 9.17) is 4.98 Å². The molecule has 3 nitrogen and oxygen atoms in total.